The molecular formula is C20H20N2O3S. The van der Waals surface area contributed by atoms with Gasteiger partial charge in [0.15, 0.2) is 5.13 Å². The minimum atomic E-state index is -0.166. The molecule has 1 amide bonds. The number of anilines is 1. The van der Waals surface area contributed by atoms with Gasteiger partial charge in [0.1, 0.15) is 11.5 Å². The molecular weight excluding hydrogens is 348 g/mol. The highest BCUT2D eigenvalue weighted by molar-refractivity contribution is 7.16. The number of thiazole rings is 1. The molecule has 0 unspecified atom stereocenters. The Morgan fingerprint density at radius 2 is 1.85 bits per heavy atom. The molecule has 0 aliphatic heterocycles. The smallest absolute Gasteiger partial charge is 0.257 e. The first-order chi connectivity index (χ1) is 12.5. The SMILES string of the molecule is COc1ccc(OC)c(-c2nc(NC(=O)c3ccccc3C)sc2C)c1. The monoisotopic (exact) mass is 368 g/mol. The Kier molecular flexibility index (Phi) is 5.23. The van der Waals surface area contributed by atoms with Crippen LogP contribution in [0.5, 0.6) is 11.5 Å². The van der Waals surface area contributed by atoms with Crippen LogP contribution in [0.1, 0.15) is 20.8 Å². The van der Waals surface area contributed by atoms with Crippen LogP contribution in [0, 0.1) is 13.8 Å². The second-order valence-corrected chi connectivity index (χ2v) is 6.96. The summed E-state index contributed by atoms with van der Waals surface area (Å²) in [5.41, 5.74) is 3.16. The maximum Gasteiger partial charge on any atom is 0.257 e. The van der Waals surface area contributed by atoms with E-state index in [-0.39, 0.29) is 5.91 Å². The van der Waals surface area contributed by atoms with E-state index >= 15 is 0 Å². The van der Waals surface area contributed by atoms with Crippen LogP contribution < -0.4 is 14.8 Å². The summed E-state index contributed by atoms with van der Waals surface area (Å²) in [4.78, 5) is 18.1. The topological polar surface area (TPSA) is 60.5 Å². The largest absolute Gasteiger partial charge is 0.497 e. The van der Waals surface area contributed by atoms with Crippen molar-refractivity contribution in [2.45, 2.75) is 13.8 Å². The maximum atomic E-state index is 12.5. The molecule has 0 saturated carbocycles. The minimum absolute atomic E-state index is 0.166. The van der Waals surface area contributed by atoms with E-state index in [1.54, 1.807) is 20.3 Å². The number of aromatic nitrogens is 1. The van der Waals surface area contributed by atoms with E-state index in [2.05, 4.69) is 10.3 Å². The number of nitrogens with one attached hydrogen (secondary N) is 1. The zero-order valence-electron chi connectivity index (χ0n) is 15.1. The average Bonchev–Trinajstić information content (AvgIpc) is 3.01. The van der Waals surface area contributed by atoms with E-state index in [9.17, 15) is 4.79 Å². The third-order valence-electron chi connectivity index (χ3n) is 4.07. The summed E-state index contributed by atoms with van der Waals surface area (Å²) in [6, 6.07) is 13.0. The van der Waals surface area contributed by atoms with Gasteiger partial charge in [-0.05, 0) is 43.7 Å². The van der Waals surface area contributed by atoms with E-state index in [1.165, 1.54) is 11.3 Å². The number of ether oxygens (including phenoxy) is 2. The van der Waals surface area contributed by atoms with Crippen molar-refractivity contribution in [3.8, 4) is 22.8 Å². The molecule has 0 aliphatic carbocycles. The molecule has 3 rings (SSSR count). The predicted molar refractivity (Wildman–Crippen MR) is 105 cm³/mol. The Hall–Kier alpha value is -2.86. The molecule has 5 nitrogen and oxygen atoms in total. The molecule has 26 heavy (non-hydrogen) atoms. The lowest BCUT2D eigenvalue weighted by atomic mass is 10.1. The fourth-order valence-corrected chi connectivity index (χ4v) is 3.51. The molecule has 1 aromatic heterocycles. The molecule has 0 spiro atoms. The van der Waals surface area contributed by atoms with Gasteiger partial charge in [-0.25, -0.2) is 4.98 Å². The Morgan fingerprint density at radius 1 is 1.08 bits per heavy atom. The zero-order chi connectivity index (χ0) is 18.7. The lowest BCUT2D eigenvalue weighted by Crippen LogP contribution is -2.13. The highest BCUT2D eigenvalue weighted by Crippen LogP contribution is 2.38. The number of carbonyl (C=O) groups is 1. The van der Waals surface area contributed by atoms with Gasteiger partial charge >= 0.3 is 0 Å². The fourth-order valence-electron chi connectivity index (χ4n) is 2.69. The average molecular weight is 368 g/mol. The first-order valence-electron chi connectivity index (χ1n) is 8.10. The van der Waals surface area contributed by atoms with Crippen molar-refractivity contribution in [1.29, 1.82) is 0 Å². The van der Waals surface area contributed by atoms with Gasteiger partial charge in [-0.15, -0.1) is 11.3 Å². The Bertz CT molecular complexity index is 950. The van der Waals surface area contributed by atoms with Crippen molar-refractivity contribution in [2.75, 3.05) is 19.5 Å². The summed E-state index contributed by atoms with van der Waals surface area (Å²) >= 11 is 1.43. The number of hydrogen-bond donors (Lipinski definition) is 1. The first kappa shape index (κ1) is 17.9. The number of rotatable bonds is 5. The molecule has 2 aromatic carbocycles. The van der Waals surface area contributed by atoms with Crippen LogP contribution in [0.4, 0.5) is 5.13 Å². The lowest BCUT2D eigenvalue weighted by Gasteiger charge is -2.09. The highest BCUT2D eigenvalue weighted by Gasteiger charge is 2.17. The van der Waals surface area contributed by atoms with Crippen LogP contribution in [0.2, 0.25) is 0 Å². The highest BCUT2D eigenvalue weighted by atomic mass is 32.1. The predicted octanol–water partition coefficient (Wildman–Crippen LogP) is 4.70. The summed E-state index contributed by atoms with van der Waals surface area (Å²) in [6.07, 6.45) is 0. The number of aryl methyl sites for hydroxylation is 2. The van der Waals surface area contributed by atoms with Crippen molar-refractivity contribution >= 4 is 22.4 Å². The normalized spacial score (nSPS) is 10.5. The van der Waals surface area contributed by atoms with Gasteiger partial charge in [-0.1, -0.05) is 18.2 Å². The van der Waals surface area contributed by atoms with Crippen LogP contribution in [-0.4, -0.2) is 25.1 Å². The van der Waals surface area contributed by atoms with Crippen LogP contribution in [0.3, 0.4) is 0 Å². The van der Waals surface area contributed by atoms with Crippen molar-refractivity contribution in [2.24, 2.45) is 0 Å². The third kappa shape index (κ3) is 3.55. The Morgan fingerprint density at radius 3 is 2.54 bits per heavy atom. The number of nitrogens with zero attached hydrogens (tertiary/aromatic N) is 1. The van der Waals surface area contributed by atoms with Crippen LogP contribution in [-0.2, 0) is 0 Å². The number of benzene rings is 2. The number of methoxy groups -OCH3 is 2. The Balaban J connectivity index is 1.93. The standard InChI is InChI=1S/C20H20N2O3S/c1-12-7-5-6-8-15(12)19(23)22-20-21-18(13(2)26-20)16-11-14(24-3)9-10-17(16)25-4/h5-11H,1-4H3,(H,21,22,23). The second kappa shape index (κ2) is 7.58. The molecule has 0 radical (unpaired) electrons. The quantitative estimate of drug-likeness (QED) is 0.709. The molecule has 0 atom stereocenters. The van der Waals surface area contributed by atoms with Gasteiger partial charge in [0.2, 0.25) is 0 Å². The molecule has 134 valence electrons. The van der Waals surface area contributed by atoms with Gasteiger partial charge in [0.25, 0.3) is 5.91 Å². The van der Waals surface area contributed by atoms with Crippen molar-refractivity contribution in [3.63, 3.8) is 0 Å². The fraction of sp³-hybridized carbons (Fsp3) is 0.200. The molecule has 0 fully saturated rings. The number of hydrogen-bond acceptors (Lipinski definition) is 5. The van der Waals surface area contributed by atoms with Crippen molar-refractivity contribution in [3.05, 3.63) is 58.5 Å². The Labute approximate surface area is 156 Å². The van der Waals surface area contributed by atoms with Crippen LogP contribution in [0.15, 0.2) is 42.5 Å². The molecule has 0 aliphatic rings. The molecule has 0 bridgehead atoms. The van der Waals surface area contributed by atoms with Crippen molar-refractivity contribution < 1.29 is 14.3 Å². The van der Waals surface area contributed by atoms with E-state index in [0.29, 0.717) is 16.4 Å². The molecule has 1 N–H and O–H groups in total. The zero-order valence-corrected chi connectivity index (χ0v) is 15.9. The summed E-state index contributed by atoms with van der Waals surface area (Å²) in [5.74, 6) is 1.26. The van der Waals surface area contributed by atoms with E-state index in [4.69, 9.17) is 9.47 Å². The summed E-state index contributed by atoms with van der Waals surface area (Å²) in [5, 5.41) is 3.44. The van der Waals surface area contributed by atoms with Gasteiger partial charge < -0.3 is 9.47 Å². The number of carbonyl (C=O) groups excluding carboxylic acids is 1. The van der Waals surface area contributed by atoms with Crippen LogP contribution >= 0.6 is 11.3 Å². The summed E-state index contributed by atoms with van der Waals surface area (Å²) < 4.78 is 10.8. The maximum absolute atomic E-state index is 12.5. The van der Waals surface area contributed by atoms with Gasteiger partial charge in [0, 0.05) is 16.0 Å². The molecule has 0 saturated heterocycles. The van der Waals surface area contributed by atoms with E-state index in [0.717, 1.165) is 27.4 Å². The molecule has 6 heteroatoms. The summed E-state index contributed by atoms with van der Waals surface area (Å²) in [6.45, 7) is 3.88. The molecule has 1 heterocycles. The van der Waals surface area contributed by atoms with E-state index in [1.807, 2.05) is 50.2 Å². The molecule has 3 aromatic rings. The minimum Gasteiger partial charge on any atom is -0.497 e. The lowest BCUT2D eigenvalue weighted by molar-refractivity contribution is 0.102. The number of amides is 1. The van der Waals surface area contributed by atoms with Crippen LogP contribution in [0.25, 0.3) is 11.3 Å². The van der Waals surface area contributed by atoms with Gasteiger partial charge in [-0.3, -0.25) is 10.1 Å². The second-order valence-electron chi connectivity index (χ2n) is 5.76. The summed E-state index contributed by atoms with van der Waals surface area (Å²) in [7, 11) is 3.24. The third-order valence-corrected chi connectivity index (χ3v) is 4.95. The van der Waals surface area contributed by atoms with Crippen molar-refractivity contribution in [1.82, 2.24) is 4.98 Å². The van der Waals surface area contributed by atoms with E-state index < -0.39 is 0 Å². The van der Waals surface area contributed by atoms with Gasteiger partial charge in [0.05, 0.1) is 19.9 Å². The first-order valence-corrected chi connectivity index (χ1v) is 8.92. The van der Waals surface area contributed by atoms with Gasteiger partial charge in [-0.2, -0.15) is 0 Å².